The van der Waals surface area contributed by atoms with Crippen molar-refractivity contribution in [1.82, 2.24) is 5.32 Å². The minimum Gasteiger partial charge on any atom is -0.497 e. The molecule has 1 aromatic heterocycles. The molecule has 0 bridgehead atoms. The molecule has 0 fully saturated rings. The monoisotopic (exact) mass is 463 g/mol. The summed E-state index contributed by atoms with van der Waals surface area (Å²) in [4.78, 5) is 13.9. The normalized spacial score (nSPS) is 11.3. The van der Waals surface area contributed by atoms with Gasteiger partial charge in [0.1, 0.15) is 17.4 Å². The molecule has 5 nitrogen and oxygen atoms in total. The Morgan fingerprint density at radius 3 is 2.69 bits per heavy atom. The Hall–Kier alpha value is -3.21. The summed E-state index contributed by atoms with van der Waals surface area (Å²) < 4.78 is 5.30. The molecule has 3 aromatic rings. The lowest BCUT2D eigenvalue weighted by molar-refractivity contribution is -0.117. The Kier molecular flexibility index (Phi) is 8.37. The second-order valence-corrected chi connectivity index (χ2v) is 9.17. The van der Waals surface area contributed by atoms with E-state index >= 15 is 0 Å². The number of thiophene rings is 1. The number of carbonyl (C=O) groups excluding carboxylic acids is 1. The molecule has 164 valence electrons. The van der Waals surface area contributed by atoms with Crippen LogP contribution in [0, 0.1) is 25.2 Å². The number of methoxy groups -OCH3 is 1. The van der Waals surface area contributed by atoms with E-state index in [1.807, 2.05) is 41.8 Å². The zero-order valence-corrected chi connectivity index (χ0v) is 19.9. The summed E-state index contributed by atoms with van der Waals surface area (Å²) in [6.45, 7) is 4.52. The lowest BCUT2D eigenvalue weighted by Gasteiger charge is -2.15. The minimum absolute atomic E-state index is 0.0548. The average Bonchev–Trinajstić information content (AvgIpc) is 3.31. The van der Waals surface area contributed by atoms with Gasteiger partial charge in [0.15, 0.2) is 0 Å². The molecular formula is C25H25N3O2S2. The van der Waals surface area contributed by atoms with E-state index in [0.717, 1.165) is 16.1 Å². The van der Waals surface area contributed by atoms with Crippen molar-refractivity contribution in [2.45, 2.75) is 26.1 Å². The van der Waals surface area contributed by atoms with Crippen LogP contribution in [0.1, 0.15) is 21.6 Å². The van der Waals surface area contributed by atoms with Gasteiger partial charge in [-0.25, -0.2) is 0 Å². The van der Waals surface area contributed by atoms with Gasteiger partial charge in [-0.2, -0.15) is 5.26 Å². The van der Waals surface area contributed by atoms with Crippen LogP contribution in [0.25, 0.3) is 0 Å². The first-order chi connectivity index (χ1) is 15.5. The minimum atomic E-state index is -0.403. The van der Waals surface area contributed by atoms with Gasteiger partial charge in [0, 0.05) is 22.4 Å². The topological polar surface area (TPSA) is 74.1 Å². The number of ether oxygens (including phenoxy) is 1. The molecule has 0 saturated carbocycles. The molecule has 7 heteroatoms. The highest BCUT2D eigenvalue weighted by atomic mass is 32.2. The molecule has 1 amide bonds. The van der Waals surface area contributed by atoms with Gasteiger partial charge in [-0.3, -0.25) is 4.79 Å². The molecule has 0 atom stereocenters. The van der Waals surface area contributed by atoms with Crippen LogP contribution in [0.2, 0.25) is 0 Å². The van der Waals surface area contributed by atoms with Gasteiger partial charge in [-0.05, 0) is 48.6 Å². The summed E-state index contributed by atoms with van der Waals surface area (Å²) in [6, 6.07) is 19.7. The number of carbonyl (C=O) groups is 1. The molecule has 1 heterocycles. The number of amides is 1. The molecule has 0 unspecified atom stereocenters. The van der Waals surface area contributed by atoms with E-state index in [9.17, 15) is 10.1 Å². The van der Waals surface area contributed by atoms with Gasteiger partial charge < -0.3 is 15.4 Å². The van der Waals surface area contributed by atoms with Crippen molar-refractivity contribution < 1.29 is 9.53 Å². The number of hydrogen-bond acceptors (Lipinski definition) is 6. The molecule has 0 radical (unpaired) electrons. The molecule has 0 aliphatic rings. The lowest BCUT2D eigenvalue weighted by Crippen LogP contribution is -2.25. The first kappa shape index (κ1) is 23.5. The van der Waals surface area contributed by atoms with Crippen LogP contribution in [-0.4, -0.2) is 13.0 Å². The van der Waals surface area contributed by atoms with E-state index in [1.165, 1.54) is 22.9 Å². The predicted octanol–water partition coefficient (Wildman–Crippen LogP) is 5.77. The fourth-order valence-electron chi connectivity index (χ4n) is 3.03. The van der Waals surface area contributed by atoms with Crippen molar-refractivity contribution >= 4 is 34.7 Å². The van der Waals surface area contributed by atoms with Gasteiger partial charge in [-0.1, -0.05) is 35.9 Å². The Morgan fingerprint density at radius 1 is 1.16 bits per heavy atom. The van der Waals surface area contributed by atoms with Crippen LogP contribution in [0.5, 0.6) is 5.75 Å². The maximum Gasteiger partial charge on any atom is 0.264 e. The largest absolute Gasteiger partial charge is 0.497 e. The maximum atomic E-state index is 12.9. The van der Waals surface area contributed by atoms with Gasteiger partial charge in [0.25, 0.3) is 5.91 Å². The first-order valence-corrected chi connectivity index (χ1v) is 11.9. The zero-order valence-electron chi connectivity index (χ0n) is 18.3. The Bertz CT molecular complexity index is 1150. The van der Waals surface area contributed by atoms with E-state index in [1.54, 1.807) is 18.4 Å². The number of benzene rings is 2. The smallest absolute Gasteiger partial charge is 0.264 e. The van der Waals surface area contributed by atoms with Gasteiger partial charge >= 0.3 is 0 Å². The van der Waals surface area contributed by atoms with Crippen molar-refractivity contribution in [1.29, 1.82) is 5.26 Å². The SMILES string of the molecule is COc1cccc(N/C(SCc2ccc(C)cc2C)=C(/C#N)C(=O)NCc2cccs2)c1. The molecule has 0 aliphatic carbocycles. The summed E-state index contributed by atoms with van der Waals surface area (Å²) in [5.41, 5.74) is 4.33. The molecule has 0 spiro atoms. The van der Waals surface area contributed by atoms with Gasteiger partial charge in [0.2, 0.25) is 0 Å². The average molecular weight is 464 g/mol. The highest BCUT2D eigenvalue weighted by Crippen LogP contribution is 2.29. The van der Waals surface area contributed by atoms with Crippen molar-refractivity contribution in [3.05, 3.63) is 92.1 Å². The molecule has 3 rings (SSSR count). The number of aryl methyl sites for hydroxylation is 2. The highest BCUT2D eigenvalue weighted by Gasteiger charge is 2.17. The number of hydrogen-bond donors (Lipinski definition) is 2. The Morgan fingerprint density at radius 2 is 2.00 bits per heavy atom. The molecule has 2 aromatic carbocycles. The van der Waals surface area contributed by atoms with Crippen LogP contribution < -0.4 is 15.4 Å². The van der Waals surface area contributed by atoms with Crippen molar-refractivity contribution in [2.75, 3.05) is 12.4 Å². The fraction of sp³-hybridized carbons (Fsp3) is 0.200. The van der Waals surface area contributed by atoms with E-state index in [2.05, 4.69) is 48.7 Å². The van der Waals surface area contributed by atoms with Crippen LogP contribution in [0.3, 0.4) is 0 Å². The second-order valence-electron chi connectivity index (χ2n) is 7.15. The summed E-state index contributed by atoms with van der Waals surface area (Å²) in [7, 11) is 1.60. The number of anilines is 1. The van der Waals surface area contributed by atoms with Crippen molar-refractivity contribution in [3.8, 4) is 11.8 Å². The third kappa shape index (κ3) is 6.39. The third-order valence-electron chi connectivity index (χ3n) is 4.77. The summed E-state index contributed by atoms with van der Waals surface area (Å²) in [5.74, 6) is 0.913. The van der Waals surface area contributed by atoms with Crippen molar-refractivity contribution in [2.24, 2.45) is 0 Å². The number of nitrogens with zero attached hydrogens (tertiary/aromatic N) is 1. The third-order valence-corrected chi connectivity index (χ3v) is 6.69. The van der Waals surface area contributed by atoms with E-state index in [0.29, 0.717) is 23.1 Å². The van der Waals surface area contributed by atoms with Gasteiger partial charge in [-0.15, -0.1) is 23.1 Å². The van der Waals surface area contributed by atoms with Crippen LogP contribution >= 0.6 is 23.1 Å². The van der Waals surface area contributed by atoms with Crippen molar-refractivity contribution in [3.63, 3.8) is 0 Å². The quantitative estimate of drug-likeness (QED) is 0.311. The standard InChI is InChI=1S/C25H25N3O2S2/c1-17-9-10-19(18(2)12-17)16-32-25(28-20-6-4-7-21(13-20)30-3)23(14-26)24(29)27-15-22-8-5-11-31-22/h4-13,28H,15-16H2,1-3H3,(H,27,29)/b25-23+. The Balaban J connectivity index is 1.87. The van der Waals surface area contributed by atoms with E-state index < -0.39 is 5.91 Å². The Labute approximate surface area is 197 Å². The lowest BCUT2D eigenvalue weighted by atomic mass is 10.1. The molecule has 0 saturated heterocycles. The first-order valence-electron chi connectivity index (χ1n) is 10.0. The zero-order chi connectivity index (χ0) is 22.9. The number of rotatable bonds is 9. The molecule has 0 aliphatic heterocycles. The number of nitrogens with one attached hydrogen (secondary N) is 2. The van der Waals surface area contributed by atoms with E-state index in [4.69, 9.17) is 4.74 Å². The van der Waals surface area contributed by atoms with Gasteiger partial charge in [0.05, 0.1) is 18.7 Å². The fourth-order valence-corrected chi connectivity index (χ4v) is 4.77. The summed E-state index contributed by atoms with van der Waals surface area (Å²) >= 11 is 3.00. The number of thioether (sulfide) groups is 1. The number of nitriles is 1. The summed E-state index contributed by atoms with van der Waals surface area (Å²) in [6.07, 6.45) is 0. The van der Waals surface area contributed by atoms with Crippen LogP contribution in [0.15, 0.2) is 70.6 Å². The predicted molar refractivity (Wildman–Crippen MR) is 133 cm³/mol. The molecule has 32 heavy (non-hydrogen) atoms. The van der Waals surface area contributed by atoms with Crippen LogP contribution in [0.4, 0.5) is 5.69 Å². The second kappa shape index (κ2) is 11.4. The summed E-state index contributed by atoms with van der Waals surface area (Å²) in [5, 5.41) is 18.4. The maximum absolute atomic E-state index is 12.9. The molecular weight excluding hydrogens is 438 g/mol. The van der Waals surface area contributed by atoms with E-state index in [-0.39, 0.29) is 5.57 Å². The highest BCUT2D eigenvalue weighted by molar-refractivity contribution is 8.02. The van der Waals surface area contributed by atoms with Crippen LogP contribution in [-0.2, 0) is 17.1 Å². The molecule has 2 N–H and O–H groups in total.